The molecular weight excluding hydrogens is 156 g/mol. The highest BCUT2D eigenvalue weighted by Crippen LogP contribution is 2.43. The van der Waals surface area contributed by atoms with Crippen LogP contribution in [-0.2, 0) is 0 Å². The minimum atomic E-state index is 0.389. The summed E-state index contributed by atoms with van der Waals surface area (Å²) in [6.07, 6.45) is 5.20. The molecule has 0 aromatic rings. The van der Waals surface area contributed by atoms with Crippen molar-refractivity contribution in [3.8, 4) is 0 Å². The Hall–Kier alpha value is -0.260. The fraction of sp³-hybridized carbons (Fsp3) is 0.846. The SMILES string of the molecule is CC(C)(C)C1=C[C@@H](C(C)(C)C)CC1. The van der Waals surface area contributed by atoms with Crippen molar-refractivity contribution in [2.24, 2.45) is 16.7 Å². The maximum atomic E-state index is 2.53. The molecule has 0 fully saturated rings. The summed E-state index contributed by atoms with van der Waals surface area (Å²) in [6.45, 7) is 14.0. The predicted octanol–water partition coefficient (Wildman–Crippen LogP) is 4.42. The fourth-order valence-electron chi connectivity index (χ4n) is 2.03. The molecule has 0 aliphatic heterocycles. The second kappa shape index (κ2) is 3.15. The van der Waals surface area contributed by atoms with Crippen LogP contribution in [-0.4, -0.2) is 0 Å². The zero-order chi connectivity index (χ0) is 10.3. The van der Waals surface area contributed by atoms with Crippen molar-refractivity contribution in [1.29, 1.82) is 0 Å². The Morgan fingerprint density at radius 1 is 1.08 bits per heavy atom. The van der Waals surface area contributed by atoms with Crippen LogP contribution in [0.3, 0.4) is 0 Å². The van der Waals surface area contributed by atoms with Gasteiger partial charge in [-0.3, -0.25) is 0 Å². The van der Waals surface area contributed by atoms with Crippen molar-refractivity contribution in [3.05, 3.63) is 11.6 Å². The molecule has 0 saturated carbocycles. The van der Waals surface area contributed by atoms with Crippen LogP contribution in [0.2, 0.25) is 0 Å². The van der Waals surface area contributed by atoms with E-state index in [9.17, 15) is 0 Å². The first kappa shape index (κ1) is 10.8. The molecule has 0 N–H and O–H groups in total. The lowest BCUT2D eigenvalue weighted by atomic mass is 9.80. The van der Waals surface area contributed by atoms with Crippen LogP contribution in [0.15, 0.2) is 11.6 Å². The van der Waals surface area contributed by atoms with Crippen molar-refractivity contribution in [2.75, 3.05) is 0 Å². The molecule has 0 heteroatoms. The molecule has 1 aliphatic carbocycles. The first-order chi connectivity index (χ1) is 5.71. The summed E-state index contributed by atoms with van der Waals surface area (Å²) >= 11 is 0. The highest BCUT2D eigenvalue weighted by atomic mass is 14.4. The predicted molar refractivity (Wildman–Crippen MR) is 59.7 cm³/mol. The van der Waals surface area contributed by atoms with Gasteiger partial charge in [0.25, 0.3) is 0 Å². The maximum Gasteiger partial charge on any atom is -0.0173 e. The molecule has 0 aromatic carbocycles. The number of hydrogen-bond donors (Lipinski definition) is 0. The average Bonchev–Trinajstić information content (AvgIpc) is 2.28. The molecule has 0 unspecified atom stereocenters. The second-order valence-electron chi connectivity index (χ2n) is 6.45. The topological polar surface area (TPSA) is 0 Å². The quantitative estimate of drug-likeness (QED) is 0.484. The van der Waals surface area contributed by atoms with E-state index in [0.29, 0.717) is 10.8 Å². The Labute approximate surface area is 83.4 Å². The van der Waals surface area contributed by atoms with Crippen LogP contribution >= 0.6 is 0 Å². The molecule has 0 saturated heterocycles. The van der Waals surface area contributed by atoms with Gasteiger partial charge >= 0.3 is 0 Å². The van der Waals surface area contributed by atoms with Gasteiger partial charge in [-0.25, -0.2) is 0 Å². The molecule has 0 bridgehead atoms. The molecular formula is C13H24. The van der Waals surface area contributed by atoms with E-state index in [1.54, 1.807) is 5.57 Å². The maximum absolute atomic E-state index is 2.53. The number of allylic oxidation sites excluding steroid dienone is 2. The van der Waals surface area contributed by atoms with E-state index in [2.05, 4.69) is 47.6 Å². The molecule has 0 heterocycles. The highest BCUT2D eigenvalue weighted by Gasteiger charge is 2.30. The Morgan fingerprint density at radius 3 is 1.85 bits per heavy atom. The fourth-order valence-corrected chi connectivity index (χ4v) is 2.03. The normalized spacial score (nSPS) is 24.8. The van der Waals surface area contributed by atoms with E-state index in [1.165, 1.54) is 12.8 Å². The third-order valence-electron chi connectivity index (χ3n) is 3.20. The van der Waals surface area contributed by atoms with Crippen LogP contribution in [0.5, 0.6) is 0 Å². The van der Waals surface area contributed by atoms with Gasteiger partial charge in [-0.2, -0.15) is 0 Å². The smallest absolute Gasteiger partial charge is 0.0173 e. The van der Waals surface area contributed by atoms with Gasteiger partial charge < -0.3 is 0 Å². The van der Waals surface area contributed by atoms with Crippen LogP contribution in [0.4, 0.5) is 0 Å². The standard InChI is InChI=1S/C13H24/c1-12(2,3)10-7-8-11(9-10)13(4,5)6/h9-10H,7-8H2,1-6H3/t10-/m0/s1. The van der Waals surface area contributed by atoms with E-state index in [4.69, 9.17) is 0 Å². The van der Waals surface area contributed by atoms with E-state index in [1.807, 2.05) is 0 Å². The lowest BCUT2D eigenvalue weighted by molar-refractivity contribution is 0.290. The zero-order valence-electron chi connectivity index (χ0n) is 10.1. The van der Waals surface area contributed by atoms with Crippen molar-refractivity contribution >= 4 is 0 Å². The second-order valence-corrected chi connectivity index (χ2v) is 6.45. The van der Waals surface area contributed by atoms with Gasteiger partial charge in [-0.15, -0.1) is 0 Å². The summed E-state index contributed by atoms with van der Waals surface area (Å²) in [5, 5.41) is 0. The monoisotopic (exact) mass is 180 g/mol. The highest BCUT2D eigenvalue weighted by molar-refractivity contribution is 5.18. The van der Waals surface area contributed by atoms with Crippen molar-refractivity contribution in [2.45, 2.75) is 54.4 Å². The van der Waals surface area contributed by atoms with Crippen LogP contribution in [0, 0.1) is 16.7 Å². The molecule has 1 atom stereocenters. The average molecular weight is 180 g/mol. The van der Waals surface area contributed by atoms with E-state index in [0.717, 1.165) is 5.92 Å². The van der Waals surface area contributed by atoms with Crippen molar-refractivity contribution < 1.29 is 0 Å². The third kappa shape index (κ3) is 2.59. The lowest BCUT2D eigenvalue weighted by Gasteiger charge is -2.25. The summed E-state index contributed by atoms with van der Waals surface area (Å²) in [5.41, 5.74) is 2.50. The van der Waals surface area contributed by atoms with E-state index >= 15 is 0 Å². The molecule has 0 radical (unpaired) electrons. The third-order valence-corrected chi connectivity index (χ3v) is 3.20. The van der Waals surface area contributed by atoms with Crippen LogP contribution < -0.4 is 0 Å². The molecule has 76 valence electrons. The van der Waals surface area contributed by atoms with Gasteiger partial charge in [0.2, 0.25) is 0 Å². The van der Waals surface area contributed by atoms with Gasteiger partial charge in [0.1, 0.15) is 0 Å². The van der Waals surface area contributed by atoms with Crippen LogP contribution in [0.25, 0.3) is 0 Å². The van der Waals surface area contributed by atoms with Gasteiger partial charge in [-0.1, -0.05) is 53.2 Å². The van der Waals surface area contributed by atoms with Gasteiger partial charge in [0.05, 0.1) is 0 Å². The Morgan fingerprint density at radius 2 is 1.62 bits per heavy atom. The summed E-state index contributed by atoms with van der Waals surface area (Å²) in [7, 11) is 0. The van der Waals surface area contributed by atoms with Gasteiger partial charge in [-0.05, 0) is 29.6 Å². The Bertz CT molecular complexity index is 207. The summed E-state index contributed by atoms with van der Waals surface area (Å²) in [4.78, 5) is 0. The first-order valence-electron chi connectivity index (χ1n) is 5.42. The molecule has 1 aliphatic rings. The molecule has 0 aromatic heterocycles. The van der Waals surface area contributed by atoms with E-state index < -0.39 is 0 Å². The molecule has 1 rings (SSSR count). The summed E-state index contributed by atoms with van der Waals surface area (Å²) < 4.78 is 0. The minimum Gasteiger partial charge on any atom is -0.0811 e. The first-order valence-corrected chi connectivity index (χ1v) is 5.42. The Balaban J connectivity index is 2.76. The molecule has 13 heavy (non-hydrogen) atoms. The van der Waals surface area contributed by atoms with Crippen molar-refractivity contribution in [1.82, 2.24) is 0 Å². The number of rotatable bonds is 0. The lowest BCUT2D eigenvalue weighted by Crippen LogP contribution is -2.15. The van der Waals surface area contributed by atoms with Crippen LogP contribution in [0.1, 0.15) is 54.4 Å². The largest absolute Gasteiger partial charge is 0.0811 e. The molecule has 0 amide bonds. The minimum absolute atomic E-state index is 0.389. The Kier molecular flexibility index (Phi) is 2.62. The number of hydrogen-bond acceptors (Lipinski definition) is 0. The van der Waals surface area contributed by atoms with Gasteiger partial charge in [0, 0.05) is 0 Å². The zero-order valence-corrected chi connectivity index (χ0v) is 10.1. The van der Waals surface area contributed by atoms with Gasteiger partial charge in [0.15, 0.2) is 0 Å². The summed E-state index contributed by atoms with van der Waals surface area (Å²) in [6, 6.07) is 0. The van der Waals surface area contributed by atoms with Crippen molar-refractivity contribution in [3.63, 3.8) is 0 Å². The van der Waals surface area contributed by atoms with E-state index in [-0.39, 0.29) is 0 Å². The summed E-state index contributed by atoms with van der Waals surface area (Å²) in [5.74, 6) is 0.793. The molecule has 0 nitrogen and oxygen atoms in total. The molecule has 0 spiro atoms.